The van der Waals surface area contributed by atoms with E-state index < -0.39 is 0 Å². The van der Waals surface area contributed by atoms with Gasteiger partial charge in [-0.25, -0.2) is 0 Å². The molecule has 0 heterocycles. The topological polar surface area (TPSA) is 26.3 Å². The number of methoxy groups -OCH3 is 1. The van der Waals surface area contributed by atoms with Crippen molar-refractivity contribution in [1.82, 2.24) is 0 Å². The van der Waals surface area contributed by atoms with Crippen LogP contribution >= 0.6 is 15.9 Å². The van der Waals surface area contributed by atoms with Gasteiger partial charge < -0.3 is 4.74 Å². The number of hydrogen-bond acceptors (Lipinski definition) is 2. The highest BCUT2D eigenvalue weighted by Gasteiger charge is 2.19. The first-order valence-electron chi connectivity index (χ1n) is 4.35. The molecule has 0 saturated heterocycles. The number of carbonyl (C=O) groups is 1. The number of alkyl halides is 1. The number of benzene rings is 1. The maximum absolute atomic E-state index is 11.3. The Morgan fingerprint density at radius 1 is 1.43 bits per heavy atom. The summed E-state index contributed by atoms with van der Waals surface area (Å²) in [5, 5.41) is 0. The first kappa shape index (κ1) is 11.2. The first-order valence-corrected chi connectivity index (χ1v) is 5.27. The molecule has 2 nitrogen and oxygen atoms in total. The van der Waals surface area contributed by atoms with Crippen LogP contribution in [0.25, 0.3) is 0 Å². The van der Waals surface area contributed by atoms with Gasteiger partial charge in [0.2, 0.25) is 0 Å². The number of aryl methyl sites for hydroxylation is 2. The lowest BCUT2D eigenvalue weighted by Gasteiger charge is -2.11. The predicted molar refractivity (Wildman–Crippen MR) is 59.6 cm³/mol. The van der Waals surface area contributed by atoms with Crippen LogP contribution < -0.4 is 0 Å². The summed E-state index contributed by atoms with van der Waals surface area (Å²) < 4.78 is 4.67. The van der Waals surface area contributed by atoms with E-state index in [0.717, 1.165) is 11.1 Å². The van der Waals surface area contributed by atoms with Gasteiger partial charge in [-0.2, -0.15) is 0 Å². The van der Waals surface area contributed by atoms with Crippen LogP contribution in [-0.2, 0) is 9.53 Å². The maximum atomic E-state index is 11.3. The van der Waals surface area contributed by atoms with E-state index in [1.54, 1.807) is 0 Å². The Balaban J connectivity index is 3.01. The number of carbonyl (C=O) groups excluding carboxylic acids is 1. The van der Waals surface area contributed by atoms with Crippen molar-refractivity contribution in [3.8, 4) is 0 Å². The first-order chi connectivity index (χ1) is 6.56. The fourth-order valence-electron chi connectivity index (χ4n) is 1.34. The Morgan fingerprint density at radius 2 is 2.07 bits per heavy atom. The molecule has 1 rings (SSSR count). The summed E-state index contributed by atoms with van der Waals surface area (Å²) in [6, 6.07) is 5.98. The fourth-order valence-corrected chi connectivity index (χ4v) is 2.04. The smallest absolute Gasteiger partial charge is 0.324 e. The van der Waals surface area contributed by atoms with Crippen LogP contribution in [0.5, 0.6) is 0 Å². The van der Waals surface area contributed by atoms with E-state index in [1.807, 2.05) is 32.0 Å². The lowest BCUT2D eigenvalue weighted by atomic mass is 10.0. The lowest BCUT2D eigenvalue weighted by Crippen LogP contribution is -2.09. The molecule has 0 N–H and O–H groups in total. The lowest BCUT2D eigenvalue weighted by molar-refractivity contribution is -0.139. The summed E-state index contributed by atoms with van der Waals surface area (Å²) in [5.41, 5.74) is 3.25. The normalized spacial score (nSPS) is 12.3. The van der Waals surface area contributed by atoms with Crippen LogP contribution in [0.3, 0.4) is 0 Å². The summed E-state index contributed by atoms with van der Waals surface area (Å²) in [5.74, 6) is -0.267. The summed E-state index contributed by atoms with van der Waals surface area (Å²) in [6.07, 6.45) is 0. The van der Waals surface area contributed by atoms with Gasteiger partial charge in [0.15, 0.2) is 0 Å². The Morgan fingerprint density at radius 3 is 2.57 bits per heavy atom. The Kier molecular flexibility index (Phi) is 3.69. The SMILES string of the molecule is COC(=O)C(Br)c1ccc(C)cc1C. The molecular weight excluding hydrogens is 244 g/mol. The largest absolute Gasteiger partial charge is 0.468 e. The average Bonchev–Trinajstić information content (AvgIpc) is 2.15. The molecule has 1 aromatic rings. The van der Waals surface area contributed by atoms with Gasteiger partial charge in [-0.15, -0.1) is 0 Å². The van der Waals surface area contributed by atoms with Gasteiger partial charge >= 0.3 is 5.97 Å². The molecule has 1 unspecified atom stereocenters. The summed E-state index contributed by atoms with van der Waals surface area (Å²) in [7, 11) is 1.39. The zero-order valence-electron chi connectivity index (χ0n) is 8.50. The molecule has 0 aliphatic rings. The van der Waals surface area contributed by atoms with Crippen molar-refractivity contribution in [3.05, 3.63) is 34.9 Å². The van der Waals surface area contributed by atoms with E-state index in [1.165, 1.54) is 12.7 Å². The Labute approximate surface area is 92.4 Å². The van der Waals surface area contributed by atoms with E-state index in [-0.39, 0.29) is 10.8 Å². The zero-order valence-corrected chi connectivity index (χ0v) is 10.1. The summed E-state index contributed by atoms with van der Waals surface area (Å²) in [6.45, 7) is 4.01. The standard InChI is InChI=1S/C11H13BrO2/c1-7-4-5-9(8(2)6-7)10(12)11(13)14-3/h4-6,10H,1-3H3. The summed E-state index contributed by atoms with van der Waals surface area (Å²) >= 11 is 3.31. The van der Waals surface area contributed by atoms with Gasteiger partial charge in [0.1, 0.15) is 4.83 Å². The number of rotatable bonds is 2. The van der Waals surface area contributed by atoms with Gasteiger partial charge in [0.25, 0.3) is 0 Å². The number of hydrogen-bond donors (Lipinski definition) is 0. The third-order valence-corrected chi connectivity index (χ3v) is 2.97. The van der Waals surface area contributed by atoms with Crippen molar-refractivity contribution in [2.45, 2.75) is 18.7 Å². The molecule has 0 amide bonds. The minimum absolute atomic E-state index is 0.267. The van der Waals surface area contributed by atoms with E-state index >= 15 is 0 Å². The van der Waals surface area contributed by atoms with Crippen LogP contribution in [-0.4, -0.2) is 13.1 Å². The molecule has 1 atom stereocenters. The van der Waals surface area contributed by atoms with Gasteiger partial charge in [0, 0.05) is 0 Å². The molecule has 0 saturated carbocycles. The number of halogens is 1. The van der Waals surface area contributed by atoms with Gasteiger partial charge in [0.05, 0.1) is 7.11 Å². The van der Waals surface area contributed by atoms with E-state index in [9.17, 15) is 4.79 Å². The maximum Gasteiger partial charge on any atom is 0.324 e. The second kappa shape index (κ2) is 4.60. The minimum atomic E-state index is -0.368. The highest BCUT2D eigenvalue weighted by Crippen LogP contribution is 2.27. The fraction of sp³-hybridized carbons (Fsp3) is 0.364. The van der Waals surface area contributed by atoms with E-state index in [2.05, 4.69) is 20.7 Å². The van der Waals surface area contributed by atoms with E-state index in [4.69, 9.17) is 0 Å². The molecule has 0 aliphatic heterocycles. The Hall–Kier alpha value is -0.830. The molecule has 0 fully saturated rings. The van der Waals surface area contributed by atoms with Crippen LogP contribution in [0.15, 0.2) is 18.2 Å². The van der Waals surface area contributed by atoms with Crippen molar-refractivity contribution in [2.24, 2.45) is 0 Å². The minimum Gasteiger partial charge on any atom is -0.468 e. The van der Waals surface area contributed by atoms with Crippen molar-refractivity contribution >= 4 is 21.9 Å². The molecular formula is C11H13BrO2. The molecule has 0 aromatic heterocycles. The summed E-state index contributed by atoms with van der Waals surface area (Å²) in [4.78, 5) is 10.9. The van der Waals surface area contributed by atoms with E-state index in [0.29, 0.717) is 0 Å². The second-order valence-electron chi connectivity index (χ2n) is 3.25. The molecule has 1 aromatic carbocycles. The molecule has 14 heavy (non-hydrogen) atoms. The third-order valence-electron chi connectivity index (χ3n) is 2.11. The Bertz CT molecular complexity index is 347. The highest BCUT2D eigenvalue weighted by molar-refractivity contribution is 9.09. The second-order valence-corrected chi connectivity index (χ2v) is 4.16. The number of esters is 1. The van der Waals surface area contributed by atoms with Crippen LogP contribution in [0, 0.1) is 13.8 Å². The van der Waals surface area contributed by atoms with Crippen LogP contribution in [0.2, 0.25) is 0 Å². The predicted octanol–water partition coefficient (Wildman–Crippen LogP) is 2.91. The highest BCUT2D eigenvalue weighted by atomic mass is 79.9. The number of ether oxygens (including phenoxy) is 1. The molecule has 0 spiro atoms. The molecule has 0 bridgehead atoms. The van der Waals surface area contributed by atoms with Gasteiger partial charge in [-0.1, -0.05) is 39.7 Å². The quantitative estimate of drug-likeness (QED) is 0.601. The van der Waals surface area contributed by atoms with Crippen molar-refractivity contribution in [2.75, 3.05) is 7.11 Å². The molecule has 0 radical (unpaired) electrons. The third kappa shape index (κ3) is 2.35. The van der Waals surface area contributed by atoms with Crippen molar-refractivity contribution in [3.63, 3.8) is 0 Å². The van der Waals surface area contributed by atoms with Crippen molar-refractivity contribution < 1.29 is 9.53 Å². The van der Waals surface area contributed by atoms with Gasteiger partial charge in [-0.3, -0.25) is 4.79 Å². The molecule has 3 heteroatoms. The monoisotopic (exact) mass is 256 g/mol. The van der Waals surface area contributed by atoms with Crippen LogP contribution in [0.1, 0.15) is 21.5 Å². The van der Waals surface area contributed by atoms with Gasteiger partial charge in [-0.05, 0) is 25.0 Å². The molecule has 0 aliphatic carbocycles. The van der Waals surface area contributed by atoms with Crippen LogP contribution in [0.4, 0.5) is 0 Å². The molecule has 76 valence electrons. The average molecular weight is 257 g/mol. The van der Waals surface area contributed by atoms with Crippen molar-refractivity contribution in [1.29, 1.82) is 0 Å². The zero-order chi connectivity index (χ0) is 10.7.